The van der Waals surface area contributed by atoms with E-state index in [-0.39, 0.29) is 0 Å². The van der Waals surface area contributed by atoms with Gasteiger partial charge in [-0.2, -0.15) is 0 Å². The van der Waals surface area contributed by atoms with Gasteiger partial charge in [-0.3, -0.25) is 10.8 Å². The zero-order valence-corrected chi connectivity index (χ0v) is 11.3. The highest BCUT2D eigenvalue weighted by Gasteiger charge is 2.13. The summed E-state index contributed by atoms with van der Waals surface area (Å²) in [6.45, 7) is 3.91. The van der Waals surface area contributed by atoms with E-state index in [1.165, 1.54) is 0 Å². The largest absolute Gasteiger partial charge is 0.323 e. The Morgan fingerprint density at radius 2 is 2.06 bits per heavy atom. The Kier molecular flexibility index (Phi) is 3.06. The molecule has 1 aromatic carbocycles. The van der Waals surface area contributed by atoms with Gasteiger partial charge in [-0.1, -0.05) is 27.5 Å². The number of benzene rings is 1. The summed E-state index contributed by atoms with van der Waals surface area (Å²) in [4.78, 5) is 4.49. The van der Waals surface area contributed by atoms with Crippen LogP contribution in [0.1, 0.15) is 11.3 Å². The molecule has 0 fully saturated rings. The Labute approximate surface area is 107 Å². The second-order valence-electron chi connectivity index (χ2n) is 3.59. The molecular formula is C11H11BrClN3. The van der Waals surface area contributed by atoms with Crippen LogP contribution >= 0.6 is 27.5 Å². The van der Waals surface area contributed by atoms with Crippen molar-refractivity contribution >= 4 is 44.1 Å². The molecule has 1 aromatic heterocycles. The normalized spacial score (nSPS) is 10.8. The van der Waals surface area contributed by atoms with E-state index in [9.17, 15) is 0 Å². The zero-order chi connectivity index (χ0) is 11.9. The highest BCUT2D eigenvalue weighted by molar-refractivity contribution is 9.10. The van der Waals surface area contributed by atoms with Crippen molar-refractivity contribution in [2.75, 3.05) is 5.43 Å². The molecule has 84 valence electrons. The minimum Gasteiger partial charge on any atom is -0.323 e. The maximum absolute atomic E-state index is 6.13. The molecule has 3 nitrogen and oxygen atoms in total. The number of hydrogen-bond acceptors (Lipinski definition) is 3. The van der Waals surface area contributed by atoms with Crippen molar-refractivity contribution in [1.29, 1.82) is 0 Å². The molecule has 0 unspecified atom stereocenters. The van der Waals surface area contributed by atoms with Crippen LogP contribution in [-0.4, -0.2) is 4.98 Å². The van der Waals surface area contributed by atoms with Gasteiger partial charge in [-0.15, -0.1) is 0 Å². The third-order valence-electron chi connectivity index (χ3n) is 2.67. The Balaban J connectivity index is 3.02. The number of aromatic nitrogens is 1. The van der Waals surface area contributed by atoms with Gasteiger partial charge in [0.2, 0.25) is 0 Å². The molecule has 2 rings (SSSR count). The molecule has 0 radical (unpaired) electrons. The molecule has 2 aromatic rings. The second kappa shape index (κ2) is 4.20. The van der Waals surface area contributed by atoms with Gasteiger partial charge in [0.25, 0.3) is 0 Å². The van der Waals surface area contributed by atoms with Crippen molar-refractivity contribution in [3.63, 3.8) is 0 Å². The highest BCUT2D eigenvalue weighted by Crippen LogP contribution is 2.36. The number of halogens is 2. The number of nitrogen functional groups attached to an aromatic ring is 1. The number of rotatable bonds is 1. The molecule has 1 heterocycles. The number of nitrogens with two attached hydrogens (primary N) is 1. The molecule has 5 heteroatoms. The number of fused-ring (bicyclic) bond motifs is 1. The fraction of sp³-hybridized carbons (Fsp3) is 0.182. The molecule has 3 N–H and O–H groups in total. The summed E-state index contributed by atoms with van der Waals surface area (Å²) in [5.74, 6) is 5.56. The molecule has 16 heavy (non-hydrogen) atoms. The Bertz CT molecular complexity index is 569. The van der Waals surface area contributed by atoms with E-state index in [0.717, 1.165) is 32.3 Å². The van der Waals surface area contributed by atoms with Gasteiger partial charge in [-0.25, -0.2) is 0 Å². The topological polar surface area (TPSA) is 50.9 Å². The summed E-state index contributed by atoms with van der Waals surface area (Å²) in [7, 11) is 0. The van der Waals surface area contributed by atoms with Crippen LogP contribution in [-0.2, 0) is 0 Å². The van der Waals surface area contributed by atoms with Crippen molar-refractivity contribution in [2.24, 2.45) is 5.84 Å². The first kappa shape index (κ1) is 11.6. The number of hydrazine groups is 1. The maximum atomic E-state index is 6.13. The summed E-state index contributed by atoms with van der Waals surface area (Å²) in [6.07, 6.45) is 0. The molecule has 0 bridgehead atoms. The van der Waals surface area contributed by atoms with Crippen LogP contribution in [0, 0.1) is 13.8 Å². The fourth-order valence-corrected chi connectivity index (χ4v) is 2.41. The van der Waals surface area contributed by atoms with Crippen molar-refractivity contribution in [3.05, 3.63) is 32.9 Å². The van der Waals surface area contributed by atoms with Gasteiger partial charge in [0.15, 0.2) is 0 Å². The van der Waals surface area contributed by atoms with Gasteiger partial charge >= 0.3 is 0 Å². The molecule has 0 saturated carbocycles. The van der Waals surface area contributed by atoms with Gasteiger partial charge in [0.1, 0.15) is 0 Å². The first-order chi connectivity index (χ1) is 7.56. The first-order valence-electron chi connectivity index (χ1n) is 4.77. The van der Waals surface area contributed by atoms with Gasteiger partial charge in [0, 0.05) is 15.6 Å². The third-order valence-corrected chi connectivity index (χ3v) is 3.64. The van der Waals surface area contributed by atoms with E-state index in [4.69, 9.17) is 17.4 Å². The van der Waals surface area contributed by atoms with Crippen molar-refractivity contribution < 1.29 is 0 Å². The summed E-state index contributed by atoms with van der Waals surface area (Å²) < 4.78 is 0.926. The van der Waals surface area contributed by atoms with E-state index >= 15 is 0 Å². The summed E-state index contributed by atoms with van der Waals surface area (Å²) in [5.41, 5.74) is 6.28. The van der Waals surface area contributed by atoms with Crippen LogP contribution in [0.5, 0.6) is 0 Å². The zero-order valence-electron chi connectivity index (χ0n) is 8.94. The van der Waals surface area contributed by atoms with Crippen molar-refractivity contribution in [2.45, 2.75) is 13.8 Å². The first-order valence-corrected chi connectivity index (χ1v) is 5.95. The lowest BCUT2D eigenvalue weighted by Crippen LogP contribution is -2.10. The minimum absolute atomic E-state index is 0.623. The molecule has 0 aliphatic carbocycles. The highest BCUT2D eigenvalue weighted by atomic mass is 79.9. The SMILES string of the molecule is Cc1nc2c(Cl)ccc(Br)c2c(NN)c1C. The summed E-state index contributed by atoms with van der Waals surface area (Å²) >= 11 is 9.62. The van der Waals surface area contributed by atoms with Gasteiger partial charge in [0.05, 0.1) is 16.2 Å². The molecular weight excluding hydrogens is 289 g/mol. The van der Waals surface area contributed by atoms with E-state index in [0.29, 0.717) is 5.02 Å². The monoisotopic (exact) mass is 299 g/mol. The van der Waals surface area contributed by atoms with Crippen LogP contribution in [0.4, 0.5) is 5.69 Å². The molecule has 0 amide bonds. The van der Waals surface area contributed by atoms with Crippen LogP contribution in [0.2, 0.25) is 5.02 Å². The Hall–Kier alpha value is -0.840. The van der Waals surface area contributed by atoms with E-state index < -0.39 is 0 Å². The number of hydrogen-bond donors (Lipinski definition) is 2. The third kappa shape index (κ3) is 1.67. The lowest BCUT2D eigenvalue weighted by atomic mass is 10.1. The van der Waals surface area contributed by atoms with Gasteiger partial charge < -0.3 is 5.43 Å². The molecule has 0 atom stereocenters. The Morgan fingerprint density at radius 3 is 2.69 bits per heavy atom. The molecule has 0 aliphatic rings. The predicted octanol–water partition coefficient (Wildman–Crippen LogP) is 3.55. The number of nitrogens with zero attached hydrogens (tertiary/aromatic N) is 1. The van der Waals surface area contributed by atoms with Crippen LogP contribution < -0.4 is 11.3 Å². The van der Waals surface area contributed by atoms with E-state index in [2.05, 4.69) is 26.3 Å². The fourth-order valence-electron chi connectivity index (χ4n) is 1.69. The standard InChI is InChI=1S/C11H11BrClN3/c1-5-6(2)15-11-8(13)4-3-7(12)9(11)10(5)16-14/h3-4H,14H2,1-2H3,(H,15,16). The van der Waals surface area contributed by atoms with Crippen LogP contribution in [0.25, 0.3) is 10.9 Å². The van der Waals surface area contributed by atoms with Crippen molar-refractivity contribution in [3.8, 4) is 0 Å². The lowest BCUT2D eigenvalue weighted by molar-refractivity contribution is 1.18. The van der Waals surface area contributed by atoms with Crippen molar-refractivity contribution in [1.82, 2.24) is 4.98 Å². The lowest BCUT2D eigenvalue weighted by Gasteiger charge is -2.13. The molecule has 0 aliphatic heterocycles. The number of pyridine rings is 1. The minimum atomic E-state index is 0.623. The quantitative estimate of drug-likeness (QED) is 0.625. The summed E-state index contributed by atoms with van der Waals surface area (Å²) in [6, 6.07) is 3.71. The smallest absolute Gasteiger partial charge is 0.0924 e. The number of nitrogens with one attached hydrogen (secondary N) is 1. The number of anilines is 1. The molecule has 0 saturated heterocycles. The predicted molar refractivity (Wildman–Crippen MR) is 71.7 cm³/mol. The second-order valence-corrected chi connectivity index (χ2v) is 4.86. The summed E-state index contributed by atoms with van der Waals surface area (Å²) in [5, 5.41) is 1.54. The van der Waals surface area contributed by atoms with Crippen LogP contribution in [0.15, 0.2) is 16.6 Å². The van der Waals surface area contributed by atoms with Gasteiger partial charge in [-0.05, 0) is 31.5 Å². The average Bonchev–Trinajstić information content (AvgIpc) is 2.26. The van der Waals surface area contributed by atoms with Crippen LogP contribution in [0.3, 0.4) is 0 Å². The molecule has 0 spiro atoms. The average molecular weight is 301 g/mol. The maximum Gasteiger partial charge on any atom is 0.0924 e. The van der Waals surface area contributed by atoms with E-state index in [1.807, 2.05) is 26.0 Å². The number of aryl methyl sites for hydroxylation is 1. The van der Waals surface area contributed by atoms with E-state index in [1.54, 1.807) is 0 Å². The Morgan fingerprint density at radius 1 is 1.38 bits per heavy atom.